The number of hydrogen-bond acceptors (Lipinski definition) is 7. The maximum absolute atomic E-state index is 12.8. The van der Waals surface area contributed by atoms with Gasteiger partial charge in [-0.2, -0.15) is 0 Å². The molecule has 1 aromatic carbocycles. The molecule has 0 bridgehead atoms. The van der Waals surface area contributed by atoms with Crippen molar-refractivity contribution in [2.45, 2.75) is 26.1 Å². The van der Waals surface area contributed by atoms with Gasteiger partial charge < -0.3 is 4.74 Å². The van der Waals surface area contributed by atoms with E-state index >= 15 is 0 Å². The van der Waals surface area contributed by atoms with E-state index in [-0.39, 0.29) is 51.6 Å². The molecule has 2 aliphatic rings. The number of aryl methyl sites for hydroxylation is 1. The summed E-state index contributed by atoms with van der Waals surface area (Å²) in [5, 5.41) is 20.0. The minimum Gasteiger partial charge on any atom is -0.386 e. The van der Waals surface area contributed by atoms with Gasteiger partial charge in [-0.1, -0.05) is 0 Å². The molecule has 0 unspecified atom stereocenters. The molecule has 0 amide bonds. The molecule has 5 rings (SSSR count). The minimum absolute atomic E-state index is 0.0951. The number of aromatic nitrogens is 4. The maximum Gasteiger partial charge on any atom is 0.574 e. The monoisotopic (exact) mass is 482 g/mol. The Morgan fingerprint density at radius 1 is 0.917 bits per heavy atom. The van der Waals surface area contributed by atoms with Gasteiger partial charge in [0.25, 0.3) is 11.4 Å². The van der Waals surface area contributed by atoms with Crippen molar-refractivity contribution >= 4 is 11.4 Å². The number of alkyl halides is 3. The van der Waals surface area contributed by atoms with Crippen LogP contribution in [0.25, 0.3) is 43.6 Å². The molecule has 2 aliphatic carbocycles. The fraction of sp³-hybridized carbons (Fsp3) is 0.167. The summed E-state index contributed by atoms with van der Waals surface area (Å²) in [6.45, 7) is 16.9. The van der Waals surface area contributed by atoms with Gasteiger partial charge in [0.05, 0.1) is 59.9 Å². The van der Waals surface area contributed by atoms with E-state index in [2.05, 4.69) is 34.4 Å². The first kappa shape index (κ1) is 22.5. The predicted molar refractivity (Wildman–Crippen MR) is 116 cm³/mol. The summed E-state index contributed by atoms with van der Waals surface area (Å²) in [7, 11) is 0. The number of rotatable bonds is 1. The van der Waals surface area contributed by atoms with Gasteiger partial charge in [-0.25, -0.2) is 30.2 Å². The molecule has 0 N–H and O–H groups in total. The number of nitriles is 2. The molecule has 2 aromatic heterocycles. The first-order valence-electron chi connectivity index (χ1n) is 10.2. The van der Waals surface area contributed by atoms with Crippen LogP contribution in [0.1, 0.15) is 28.2 Å². The second-order valence-electron chi connectivity index (χ2n) is 7.81. The van der Waals surface area contributed by atoms with Crippen molar-refractivity contribution in [1.29, 1.82) is 10.5 Å². The Kier molecular flexibility index (Phi) is 4.91. The topological polar surface area (TPSA) is 117 Å². The zero-order valence-electron chi connectivity index (χ0n) is 18.2. The number of halogens is 3. The summed E-state index contributed by atoms with van der Waals surface area (Å²) >= 11 is 0. The molecule has 172 valence electrons. The van der Waals surface area contributed by atoms with E-state index in [9.17, 15) is 23.7 Å². The van der Waals surface area contributed by atoms with Gasteiger partial charge in [-0.15, -0.1) is 13.2 Å². The van der Waals surface area contributed by atoms with E-state index in [0.717, 1.165) is 6.20 Å². The van der Waals surface area contributed by atoms with Crippen LogP contribution >= 0.6 is 0 Å². The summed E-state index contributed by atoms with van der Waals surface area (Å²) in [5.74, 6) is -0.777. The minimum atomic E-state index is -4.98. The Morgan fingerprint density at radius 2 is 1.42 bits per heavy atom. The number of ether oxygens (including phenoxy) is 1. The summed E-state index contributed by atoms with van der Waals surface area (Å²) < 4.78 is 42.2. The van der Waals surface area contributed by atoms with Crippen LogP contribution in [0.3, 0.4) is 0 Å². The lowest BCUT2D eigenvalue weighted by Crippen LogP contribution is -2.26. The van der Waals surface area contributed by atoms with Crippen molar-refractivity contribution in [2.75, 3.05) is 0 Å². The van der Waals surface area contributed by atoms with Gasteiger partial charge in [0.2, 0.25) is 5.88 Å². The molecule has 0 radical (unpaired) electrons. The highest BCUT2D eigenvalue weighted by Gasteiger charge is 2.36. The maximum atomic E-state index is 12.8. The van der Waals surface area contributed by atoms with Crippen LogP contribution in [0.5, 0.6) is 5.88 Å². The van der Waals surface area contributed by atoms with E-state index in [0.29, 0.717) is 33.8 Å². The van der Waals surface area contributed by atoms with Crippen LogP contribution in [0, 0.1) is 42.7 Å². The van der Waals surface area contributed by atoms with Crippen molar-refractivity contribution < 1.29 is 17.9 Å². The van der Waals surface area contributed by atoms with E-state index in [1.54, 1.807) is 6.92 Å². The fourth-order valence-electron chi connectivity index (χ4n) is 4.63. The zero-order chi connectivity index (χ0) is 25.8. The van der Waals surface area contributed by atoms with Crippen LogP contribution < -0.4 is 15.2 Å². The van der Waals surface area contributed by atoms with Crippen LogP contribution in [-0.4, -0.2) is 26.3 Å². The van der Waals surface area contributed by atoms with Crippen molar-refractivity contribution in [3.8, 4) is 40.5 Å². The molecule has 0 fully saturated rings. The highest BCUT2D eigenvalue weighted by molar-refractivity contribution is 5.90. The Bertz CT molecular complexity index is 1780. The second-order valence-corrected chi connectivity index (χ2v) is 7.81. The van der Waals surface area contributed by atoms with Gasteiger partial charge in [0.1, 0.15) is 0 Å². The lowest BCUT2D eigenvalue weighted by Gasteiger charge is -2.12. The van der Waals surface area contributed by atoms with Crippen LogP contribution in [-0.2, 0) is 12.8 Å². The van der Waals surface area contributed by atoms with E-state index < -0.39 is 12.2 Å². The zero-order valence-corrected chi connectivity index (χ0v) is 18.2. The van der Waals surface area contributed by atoms with Crippen LogP contribution in [0.15, 0.2) is 12.4 Å². The molecule has 3 aromatic rings. The molecular weight excluding hydrogens is 473 g/mol. The summed E-state index contributed by atoms with van der Waals surface area (Å²) in [4.78, 5) is 23.8. The number of hydrogen-bond donors (Lipinski definition) is 0. The lowest BCUT2D eigenvalue weighted by molar-refractivity contribution is -0.276. The number of benzene rings is 1. The first-order chi connectivity index (χ1) is 17.2. The summed E-state index contributed by atoms with van der Waals surface area (Å²) in [5.41, 5.74) is 2.79. The van der Waals surface area contributed by atoms with Gasteiger partial charge in [0, 0.05) is 40.6 Å². The van der Waals surface area contributed by atoms with E-state index in [4.69, 9.17) is 13.1 Å². The summed E-state index contributed by atoms with van der Waals surface area (Å²) in [6, 6.07) is 3.77. The average molecular weight is 482 g/mol. The van der Waals surface area contributed by atoms with Gasteiger partial charge in [-0.05, 0) is 18.1 Å². The first-order valence-corrected chi connectivity index (χ1v) is 10.2. The Morgan fingerprint density at radius 3 is 1.89 bits per heavy atom. The molecule has 0 saturated heterocycles. The largest absolute Gasteiger partial charge is 0.574 e. The van der Waals surface area contributed by atoms with Crippen molar-refractivity contribution in [2.24, 2.45) is 0 Å². The number of nitrogens with zero attached hydrogens (tertiary/aromatic N) is 8. The average Bonchev–Trinajstić information content (AvgIpc) is 3.38. The normalized spacial score (nSPS) is 14.1. The Labute approximate surface area is 200 Å². The standard InChI is InChI=1S/C24H9F3N8O/c1-10-8-32-22-13(34-10)4-11-18(15(6-28)30-2)21-12(19(20(11)22)16(7-29)31-3)5-14-23(21)33-9-17(35-14)36-24(25,26)27/h8-9H,4-5H2,1H3/b18-15+,19-16-. The molecule has 0 aliphatic heterocycles. The van der Waals surface area contributed by atoms with Crippen LogP contribution in [0.4, 0.5) is 13.2 Å². The predicted octanol–water partition coefficient (Wildman–Crippen LogP) is 2.72. The van der Waals surface area contributed by atoms with Gasteiger partial charge in [-0.3, -0.25) is 9.97 Å². The Hall–Kier alpha value is -5.33. The Balaban J connectivity index is 1.97. The van der Waals surface area contributed by atoms with E-state index in [1.807, 2.05) is 12.1 Å². The smallest absolute Gasteiger partial charge is 0.386 e. The molecule has 2 heterocycles. The quantitative estimate of drug-likeness (QED) is 0.337. The number of fused-ring (bicyclic) bond motifs is 6. The van der Waals surface area contributed by atoms with Gasteiger partial charge >= 0.3 is 6.36 Å². The third kappa shape index (κ3) is 3.29. The third-order valence-electron chi connectivity index (χ3n) is 5.79. The molecule has 0 atom stereocenters. The van der Waals surface area contributed by atoms with Gasteiger partial charge in [0.15, 0.2) is 0 Å². The van der Waals surface area contributed by atoms with Crippen molar-refractivity contribution in [3.05, 3.63) is 73.9 Å². The third-order valence-corrected chi connectivity index (χ3v) is 5.79. The lowest BCUT2D eigenvalue weighted by atomic mass is 9.92. The fourth-order valence-corrected chi connectivity index (χ4v) is 4.63. The highest BCUT2D eigenvalue weighted by Crippen LogP contribution is 2.38. The van der Waals surface area contributed by atoms with Crippen molar-refractivity contribution in [1.82, 2.24) is 19.9 Å². The molecule has 36 heavy (non-hydrogen) atoms. The van der Waals surface area contributed by atoms with Crippen LogP contribution in [0.2, 0.25) is 0 Å². The molecule has 0 saturated carbocycles. The molecule has 9 nitrogen and oxygen atoms in total. The second kappa shape index (κ2) is 7.87. The highest BCUT2D eigenvalue weighted by atomic mass is 19.4. The SMILES string of the molecule is [C-]#[N+]/C(C#N)=c1/c2c(/c(=C(\C#N)[N+]#[C-])c3c1-c1ncc(C)nc1C3)-c1ncc(OC(F)(F)F)nc1C2. The van der Waals surface area contributed by atoms with E-state index in [1.165, 1.54) is 6.20 Å². The molecular formula is C24H9F3N8O. The molecule has 0 spiro atoms. The summed E-state index contributed by atoms with van der Waals surface area (Å²) in [6.07, 6.45) is -2.59. The molecule has 12 heteroatoms. The van der Waals surface area contributed by atoms with Crippen molar-refractivity contribution in [3.63, 3.8) is 0 Å².